The van der Waals surface area contributed by atoms with Gasteiger partial charge in [0, 0.05) is 37.6 Å². The Kier molecular flexibility index (Phi) is 5.53. The fourth-order valence-electron chi connectivity index (χ4n) is 3.16. The third-order valence-electron chi connectivity index (χ3n) is 4.37. The maximum Gasteiger partial charge on any atom is 0.168 e. The first-order valence-corrected chi connectivity index (χ1v) is 9.05. The predicted molar refractivity (Wildman–Crippen MR) is 92.5 cm³/mol. The SMILES string of the molecule is C=CCN1CCN([C@@H](CC)c2nnnn2Cc2cccs2)CC1. The summed E-state index contributed by atoms with van der Waals surface area (Å²) in [6.07, 6.45) is 3.00. The zero-order valence-electron chi connectivity index (χ0n) is 13.6. The average molecular weight is 332 g/mol. The second-order valence-electron chi connectivity index (χ2n) is 5.82. The van der Waals surface area contributed by atoms with Gasteiger partial charge in [-0.1, -0.05) is 19.1 Å². The molecule has 1 aliphatic heterocycles. The van der Waals surface area contributed by atoms with Crippen LogP contribution in [-0.4, -0.2) is 62.7 Å². The average Bonchev–Trinajstić information content (AvgIpc) is 3.23. The molecule has 7 heteroatoms. The number of aromatic nitrogens is 4. The molecule has 0 bridgehead atoms. The van der Waals surface area contributed by atoms with Crippen molar-refractivity contribution in [1.29, 1.82) is 0 Å². The zero-order valence-corrected chi connectivity index (χ0v) is 14.5. The molecular weight excluding hydrogens is 308 g/mol. The second-order valence-corrected chi connectivity index (χ2v) is 6.86. The molecule has 6 nitrogen and oxygen atoms in total. The van der Waals surface area contributed by atoms with Gasteiger partial charge in [-0.15, -0.1) is 23.0 Å². The summed E-state index contributed by atoms with van der Waals surface area (Å²) in [6.45, 7) is 12.0. The lowest BCUT2D eigenvalue weighted by Crippen LogP contribution is -2.47. The standard InChI is InChI=1S/C16H24N6S/c1-3-7-20-8-10-21(11-9-20)15(4-2)16-17-18-19-22(16)13-14-6-5-12-23-14/h3,5-6,12,15H,1,4,7-11,13H2,2H3/t15-/m0/s1. The van der Waals surface area contributed by atoms with E-state index in [1.807, 2.05) is 10.8 Å². The summed E-state index contributed by atoms with van der Waals surface area (Å²) in [5.41, 5.74) is 0. The Labute approximate surface area is 141 Å². The molecule has 0 saturated carbocycles. The Balaban J connectivity index is 1.69. The lowest BCUT2D eigenvalue weighted by atomic mass is 10.1. The van der Waals surface area contributed by atoms with Crippen LogP contribution in [0.15, 0.2) is 30.2 Å². The lowest BCUT2D eigenvalue weighted by Gasteiger charge is -2.38. The summed E-state index contributed by atoms with van der Waals surface area (Å²) in [5.74, 6) is 0.984. The fourth-order valence-corrected chi connectivity index (χ4v) is 3.84. The Hall–Kier alpha value is -1.57. The summed E-state index contributed by atoms with van der Waals surface area (Å²) in [7, 11) is 0. The highest BCUT2D eigenvalue weighted by atomic mass is 32.1. The maximum absolute atomic E-state index is 4.33. The van der Waals surface area contributed by atoms with E-state index < -0.39 is 0 Å². The van der Waals surface area contributed by atoms with Crippen LogP contribution >= 0.6 is 11.3 Å². The highest BCUT2D eigenvalue weighted by molar-refractivity contribution is 7.09. The molecule has 3 heterocycles. The van der Waals surface area contributed by atoms with Crippen molar-refractivity contribution in [2.24, 2.45) is 0 Å². The van der Waals surface area contributed by atoms with Gasteiger partial charge in [0.05, 0.1) is 12.6 Å². The van der Waals surface area contributed by atoms with Crippen molar-refractivity contribution in [3.63, 3.8) is 0 Å². The van der Waals surface area contributed by atoms with E-state index >= 15 is 0 Å². The molecule has 1 aliphatic rings. The van der Waals surface area contributed by atoms with Crippen LogP contribution in [0.2, 0.25) is 0 Å². The summed E-state index contributed by atoms with van der Waals surface area (Å²) < 4.78 is 1.95. The van der Waals surface area contributed by atoms with Crippen LogP contribution in [0, 0.1) is 0 Å². The Bertz CT molecular complexity index is 600. The van der Waals surface area contributed by atoms with Gasteiger partial charge in [0.25, 0.3) is 0 Å². The quantitative estimate of drug-likeness (QED) is 0.726. The lowest BCUT2D eigenvalue weighted by molar-refractivity contribution is 0.0949. The van der Waals surface area contributed by atoms with Crippen molar-refractivity contribution < 1.29 is 0 Å². The van der Waals surface area contributed by atoms with Gasteiger partial charge in [-0.05, 0) is 28.3 Å². The van der Waals surface area contributed by atoms with Crippen LogP contribution in [-0.2, 0) is 6.54 Å². The highest BCUT2D eigenvalue weighted by Gasteiger charge is 2.27. The smallest absolute Gasteiger partial charge is 0.168 e. The molecule has 0 aliphatic carbocycles. The van der Waals surface area contributed by atoms with Crippen molar-refractivity contribution in [2.75, 3.05) is 32.7 Å². The molecule has 0 unspecified atom stereocenters. The van der Waals surface area contributed by atoms with Crippen LogP contribution in [0.25, 0.3) is 0 Å². The number of nitrogens with zero attached hydrogens (tertiary/aromatic N) is 6. The molecular formula is C16H24N6S. The van der Waals surface area contributed by atoms with Gasteiger partial charge in [-0.3, -0.25) is 9.80 Å². The molecule has 1 saturated heterocycles. The number of hydrogen-bond donors (Lipinski definition) is 0. The molecule has 23 heavy (non-hydrogen) atoms. The molecule has 0 amide bonds. The molecule has 0 aromatic carbocycles. The normalized spacial score (nSPS) is 18.1. The van der Waals surface area contributed by atoms with Crippen molar-refractivity contribution >= 4 is 11.3 Å². The van der Waals surface area contributed by atoms with Crippen LogP contribution in [0.1, 0.15) is 30.1 Å². The minimum absolute atomic E-state index is 0.288. The Morgan fingerprint density at radius 3 is 2.83 bits per heavy atom. The monoisotopic (exact) mass is 332 g/mol. The van der Waals surface area contributed by atoms with Gasteiger partial charge in [0.15, 0.2) is 5.82 Å². The van der Waals surface area contributed by atoms with Gasteiger partial charge in [-0.2, -0.15) is 0 Å². The van der Waals surface area contributed by atoms with E-state index in [0.29, 0.717) is 0 Å². The molecule has 1 atom stereocenters. The van der Waals surface area contributed by atoms with E-state index in [1.54, 1.807) is 11.3 Å². The third-order valence-corrected chi connectivity index (χ3v) is 5.23. The Morgan fingerprint density at radius 1 is 1.35 bits per heavy atom. The van der Waals surface area contributed by atoms with Gasteiger partial charge in [-0.25, -0.2) is 4.68 Å². The van der Waals surface area contributed by atoms with Crippen LogP contribution in [0.5, 0.6) is 0 Å². The minimum atomic E-state index is 0.288. The second kappa shape index (κ2) is 7.81. The number of tetrazole rings is 1. The molecule has 2 aromatic heterocycles. The summed E-state index contributed by atoms with van der Waals surface area (Å²) in [4.78, 5) is 6.23. The summed E-state index contributed by atoms with van der Waals surface area (Å²) in [5, 5.41) is 14.6. The topological polar surface area (TPSA) is 50.1 Å². The van der Waals surface area contributed by atoms with Gasteiger partial charge >= 0.3 is 0 Å². The maximum atomic E-state index is 4.33. The van der Waals surface area contributed by atoms with E-state index in [4.69, 9.17) is 0 Å². The predicted octanol–water partition coefficient (Wildman–Crippen LogP) is 2.04. The zero-order chi connectivity index (χ0) is 16.1. The number of thiophene rings is 1. The fraction of sp³-hybridized carbons (Fsp3) is 0.562. The first kappa shape index (κ1) is 16.3. The third kappa shape index (κ3) is 3.85. The van der Waals surface area contributed by atoms with E-state index in [0.717, 1.165) is 51.5 Å². The van der Waals surface area contributed by atoms with Crippen LogP contribution in [0.3, 0.4) is 0 Å². The largest absolute Gasteiger partial charge is 0.297 e. The minimum Gasteiger partial charge on any atom is -0.297 e. The Morgan fingerprint density at radius 2 is 2.17 bits per heavy atom. The van der Waals surface area contributed by atoms with E-state index in [-0.39, 0.29) is 6.04 Å². The van der Waals surface area contributed by atoms with Crippen LogP contribution in [0.4, 0.5) is 0 Å². The van der Waals surface area contributed by atoms with Crippen molar-refractivity contribution in [1.82, 2.24) is 30.0 Å². The first-order chi connectivity index (χ1) is 11.3. The molecule has 2 aromatic rings. The molecule has 124 valence electrons. The number of hydrogen-bond acceptors (Lipinski definition) is 6. The highest BCUT2D eigenvalue weighted by Crippen LogP contribution is 2.24. The van der Waals surface area contributed by atoms with Gasteiger partial charge in [0.1, 0.15) is 0 Å². The van der Waals surface area contributed by atoms with Crippen molar-refractivity contribution in [3.8, 4) is 0 Å². The van der Waals surface area contributed by atoms with E-state index in [1.165, 1.54) is 4.88 Å². The van der Waals surface area contributed by atoms with Crippen molar-refractivity contribution in [3.05, 3.63) is 40.9 Å². The van der Waals surface area contributed by atoms with E-state index in [2.05, 4.69) is 56.3 Å². The van der Waals surface area contributed by atoms with Crippen molar-refractivity contribution in [2.45, 2.75) is 25.9 Å². The van der Waals surface area contributed by atoms with Gasteiger partial charge < -0.3 is 0 Å². The summed E-state index contributed by atoms with van der Waals surface area (Å²) >= 11 is 1.74. The molecule has 0 spiro atoms. The van der Waals surface area contributed by atoms with Crippen LogP contribution < -0.4 is 0 Å². The van der Waals surface area contributed by atoms with Gasteiger partial charge in [0.2, 0.25) is 0 Å². The molecule has 1 fully saturated rings. The molecule has 0 radical (unpaired) electrons. The molecule has 3 rings (SSSR count). The molecule has 0 N–H and O–H groups in total. The van der Waals surface area contributed by atoms with E-state index in [9.17, 15) is 0 Å². The first-order valence-electron chi connectivity index (χ1n) is 8.17. The number of piperazine rings is 1. The summed E-state index contributed by atoms with van der Waals surface area (Å²) in [6, 6.07) is 4.49. The number of rotatable bonds is 7.